The Hall–Kier alpha value is -1.64. The third-order valence-electron chi connectivity index (χ3n) is 5.46. The molecule has 0 radical (unpaired) electrons. The Labute approximate surface area is 166 Å². The van der Waals surface area contributed by atoms with Crippen molar-refractivity contribution < 1.29 is 4.74 Å². The van der Waals surface area contributed by atoms with Gasteiger partial charge in [-0.05, 0) is 43.7 Å². The summed E-state index contributed by atoms with van der Waals surface area (Å²) < 4.78 is 6.15. The van der Waals surface area contributed by atoms with E-state index in [4.69, 9.17) is 4.74 Å². The van der Waals surface area contributed by atoms with E-state index in [2.05, 4.69) is 66.4 Å². The Bertz CT molecular complexity index is 637. The first-order valence-electron chi connectivity index (χ1n) is 10.8. The molecule has 3 atom stereocenters. The van der Waals surface area contributed by atoms with Gasteiger partial charge in [0.1, 0.15) is 6.73 Å². The monoisotopic (exact) mass is 367 g/mol. The van der Waals surface area contributed by atoms with Crippen molar-refractivity contribution in [1.82, 2.24) is 4.90 Å². The molecular weight excluding hydrogens is 330 g/mol. The minimum Gasteiger partial charge on any atom is -0.356 e. The first-order valence-corrected chi connectivity index (χ1v) is 10.8. The van der Waals surface area contributed by atoms with Crippen LogP contribution in [0.25, 0.3) is 0 Å². The molecule has 0 bridgehead atoms. The molecular formula is C25H37NO. The first kappa shape index (κ1) is 21.7. The fourth-order valence-corrected chi connectivity index (χ4v) is 4.13. The summed E-state index contributed by atoms with van der Waals surface area (Å²) in [6.45, 7) is 10.9. The maximum absolute atomic E-state index is 6.15. The molecule has 2 aliphatic rings. The van der Waals surface area contributed by atoms with Crippen LogP contribution >= 0.6 is 0 Å². The normalized spacial score (nSPS) is 23.7. The molecule has 27 heavy (non-hydrogen) atoms. The van der Waals surface area contributed by atoms with Crippen LogP contribution in [0.2, 0.25) is 0 Å². The van der Waals surface area contributed by atoms with Crippen molar-refractivity contribution in [2.45, 2.75) is 78.5 Å². The lowest BCUT2D eigenvalue weighted by atomic mass is 10.00. The molecule has 2 fully saturated rings. The summed E-state index contributed by atoms with van der Waals surface area (Å²) in [6.07, 6.45) is 5.24. The number of hydrogen-bond acceptors (Lipinski definition) is 2. The Morgan fingerprint density at radius 2 is 1.56 bits per heavy atom. The average Bonchev–Trinajstić information content (AvgIpc) is 3.33. The quantitative estimate of drug-likeness (QED) is 0.608. The maximum Gasteiger partial charge on any atom is 0.100 e. The number of aryl methyl sites for hydroxylation is 2. The van der Waals surface area contributed by atoms with Crippen LogP contribution in [-0.4, -0.2) is 23.7 Å². The molecule has 0 amide bonds. The summed E-state index contributed by atoms with van der Waals surface area (Å²) in [5, 5.41) is 0. The summed E-state index contributed by atoms with van der Waals surface area (Å²) in [5.74, 6) is 0. The minimum atomic E-state index is 0.261. The Kier molecular flexibility index (Phi) is 9.03. The van der Waals surface area contributed by atoms with Crippen molar-refractivity contribution in [1.29, 1.82) is 0 Å². The number of ether oxygens (including phenoxy) is 1. The van der Waals surface area contributed by atoms with E-state index in [-0.39, 0.29) is 6.10 Å². The van der Waals surface area contributed by atoms with Crippen LogP contribution in [0.15, 0.2) is 54.6 Å². The second-order valence-corrected chi connectivity index (χ2v) is 6.96. The molecule has 0 unspecified atom stereocenters. The van der Waals surface area contributed by atoms with Crippen molar-refractivity contribution in [2.24, 2.45) is 0 Å². The van der Waals surface area contributed by atoms with E-state index >= 15 is 0 Å². The highest BCUT2D eigenvalue weighted by Gasteiger charge is 2.43. The smallest absolute Gasteiger partial charge is 0.100 e. The molecule has 0 saturated carbocycles. The Morgan fingerprint density at radius 3 is 2.22 bits per heavy atom. The van der Waals surface area contributed by atoms with Crippen LogP contribution in [0, 0.1) is 6.92 Å². The number of benzene rings is 2. The van der Waals surface area contributed by atoms with Gasteiger partial charge in [0.05, 0.1) is 6.10 Å². The van der Waals surface area contributed by atoms with Crippen LogP contribution in [0.1, 0.15) is 69.8 Å². The second-order valence-electron chi connectivity index (χ2n) is 6.96. The van der Waals surface area contributed by atoms with Crippen molar-refractivity contribution >= 4 is 0 Å². The summed E-state index contributed by atoms with van der Waals surface area (Å²) in [5.41, 5.74) is 4.11. The van der Waals surface area contributed by atoms with Gasteiger partial charge in [0.2, 0.25) is 0 Å². The van der Waals surface area contributed by atoms with Crippen LogP contribution in [0.5, 0.6) is 0 Å². The fourth-order valence-electron chi connectivity index (χ4n) is 4.13. The largest absolute Gasteiger partial charge is 0.356 e. The van der Waals surface area contributed by atoms with Crippen molar-refractivity contribution in [2.75, 3.05) is 6.73 Å². The van der Waals surface area contributed by atoms with E-state index in [0.717, 1.165) is 6.73 Å². The molecule has 0 aliphatic carbocycles. The summed E-state index contributed by atoms with van der Waals surface area (Å²) in [4.78, 5) is 2.60. The van der Waals surface area contributed by atoms with Gasteiger partial charge in [-0.25, -0.2) is 0 Å². The van der Waals surface area contributed by atoms with E-state index in [9.17, 15) is 0 Å². The lowest BCUT2D eigenvalue weighted by Crippen LogP contribution is -2.33. The van der Waals surface area contributed by atoms with Crippen LogP contribution in [0.3, 0.4) is 0 Å². The third-order valence-corrected chi connectivity index (χ3v) is 5.46. The lowest BCUT2D eigenvalue weighted by Gasteiger charge is -2.23. The minimum absolute atomic E-state index is 0.261. The van der Waals surface area contributed by atoms with E-state index < -0.39 is 0 Å². The van der Waals surface area contributed by atoms with Gasteiger partial charge in [-0.3, -0.25) is 4.90 Å². The zero-order valence-electron chi connectivity index (χ0n) is 17.8. The topological polar surface area (TPSA) is 12.5 Å². The summed E-state index contributed by atoms with van der Waals surface area (Å²) in [7, 11) is 0. The molecule has 2 saturated heterocycles. The molecule has 0 N–H and O–H groups in total. The highest BCUT2D eigenvalue weighted by atomic mass is 16.5. The molecule has 0 spiro atoms. The molecule has 0 aromatic heterocycles. The van der Waals surface area contributed by atoms with Gasteiger partial charge in [-0.1, -0.05) is 87.9 Å². The summed E-state index contributed by atoms with van der Waals surface area (Å²) in [6, 6.07) is 21.0. The van der Waals surface area contributed by atoms with Gasteiger partial charge in [0, 0.05) is 12.1 Å². The van der Waals surface area contributed by atoms with Gasteiger partial charge in [0.25, 0.3) is 0 Å². The van der Waals surface area contributed by atoms with E-state index in [0.29, 0.717) is 12.1 Å². The molecule has 2 aromatic rings. The van der Waals surface area contributed by atoms with Crippen LogP contribution in [0.4, 0.5) is 0 Å². The van der Waals surface area contributed by atoms with Crippen LogP contribution in [-0.2, 0) is 11.2 Å². The molecule has 4 rings (SSSR count). The average molecular weight is 368 g/mol. The van der Waals surface area contributed by atoms with Gasteiger partial charge >= 0.3 is 0 Å². The zero-order valence-corrected chi connectivity index (χ0v) is 17.8. The number of rotatable bonds is 4. The van der Waals surface area contributed by atoms with Crippen LogP contribution < -0.4 is 0 Å². The standard InChI is InChI=1S/C21H25NO.2C2H6/c1-16-7-10-18(11-8-16)21-20-14-13-19(22(20)15-23-21)12-9-17-5-3-2-4-6-17;2*1-2/h2-8,10-11,19-21H,9,12-15H2,1H3;2*1-2H3/t19-,20+,21+;;/m1../s1. The predicted molar refractivity (Wildman–Crippen MR) is 116 cm³/mol. The Balaban J connectivity index is 0.000000614. The van der Waals surface area contributed by atoms with Crippen molar-refractivity contribution in [3.8, 4) is 0 Å². The van der Waals surface area contributed by atoms with Gasteiger partial charge < -0.3 is 4.74 Å². The molecule has 2 heterocycles. The number of nitrogens with zero attached hydrogens (tertiary/aromatic N) is 1. The maximum atomic E-state index is 6.15. The molecule has 2 aliphatic heterocycles. The molecule has 2 nitrogen and oxygen atoms in total. The summed E-state index contributed by atoms with van der Waals surface area (Å²) >= 11 is 0. The van der Waals surface area contributed by atoms with E-state index in [1.807, 2.05) is 27.7 Å². The molecule has 148 valence electrons. The van der Waals surface area contributed by atoms with E-state index in [1.165, 1.54) is 42.4 Å². The highest BCUT2D eigenvalue weighted by molar-refractivity contribution is 5.25. The fraction of sp³-hybridized carbons (Fsp3) is 0.520. The second kappa shape index (κ2) is 11.3. The lowest BCUT2D eigenvalue weighted by molar-refractivity contribution is 0.0735. The van der Waals surface area contributed by atoms with Gasteiger partial charge in [0.15, 0.2) is 0 Å². The SMILES string of the molecule is CC.CC.Cc1ccc([C@@H]2OCN3[C@H](CCc4ccccc4)CC[C@@H]23)cc1. The van der Waals surface area contributed by atoms with Crippen molar-refractivity contribution in [3.63, 3.8) is 0 Å². The first-order chi connectivity index (χ1) is 13.3. The molecule has 2 aromatic carbocycles. The third kappa shape index (κ3) is 5.43. The van der Waals surface area contributed by atoms with E-state index in [1.54, 1.807) is 0 Å². The number of hydrogen-bond donors (Lipinski definition) is 0. The van der Waals surface area contributed by atoms with Gasteiger partial charge in [-0.2, -0.15) is 0 Å². The zero-order chi connectivity index (χ0) is 19.6. The van der Waals surface area contributed by atoms with Gasteiger partial charge in [-0.15, -0.1) is 0 Å². The predicted octanol–water partition coefficient (Wildman–Crippen LogP) is 6.54. The Morgan fingerprint density at radius 1 is 0.889 bits per heavy atom. The van der Waals surface area contributed by atoms with Crippen molar-refractivity contribution in [3.05, 3.63) is 71.3 Å². The number of fused-ring (bicyclic) bond motifs is 1. The highest BCUT2D eigenvalue weighted by Crippen LogP contribution is 2.41. The molecule has 2 heteroatoms.